The van der Waals surface area contributed by atoms with Gasteiger partial charge in [0.05, 0.1) is 18.7 Å². The van der Waals surface area contributed by atoms with Gasteiger partial charge in [0.1, 0.15) is 12.0 Å². The van der Waals surface area contributed by atoms with Crippen molar-refractivity contribution in [1.29, 1.82) is 0 Å². The first kappa shape index (κ1) is 20.1. The number of rotatable bonds is 5. The van der Waals surface area contributed by atoms with E-state index in [1.165, 1.54) is 12.1 Å². The topological polar surface area (TPSA) is 46.5 Å². The molecule has 4 nitrogen and oxygen atoms in total. The highest BCUT2D eigenvalue weighted by atomic mass is 19.4. The molecule has 1 aliphatic rings. The van der Waals surface area contributed by atoms with Gasteiger partial charge in [-0.15, -0.1) is 0 Å². The molecule has 1 aromatic heterocycles. The Kier molecular flexibility index (Phi) is 6.16. The first-order valence-electron chi connectivity index (χ1n) is 9.19. The van der Waals surface area contributed by atoms with Crippen LogP contribution < -0.4 is 15.2 Å². The Morgan fingerprint density at radius 1 is 1.14 bits per heavy atom. The molecule has 0 atom stereocenters. The van der Waals surface area contributed by atoms with Crippen molar-refractivity contribution in [2.75, 3.05) is 24.5 Å². The van der Waals surface area contributed by atoms with Crippen LogP contribution in [0.2, 0.25) is 0 Å². The molecular weight excluding hydrogens is 374 g/mol. The molecule has 0 spiro atoms. The molecule has 2 heterocycles. The van der Waals surface area contributed by atoms with Gasteiger partial charge < -0.3 is 5.32 Å². The first-order chi connectivity index (χ1) is 13.3. The van der Waals surface area contributed by atoms with Gasteiger partial charge in [0, 0.05) is 18.5 Å². The highest BCUT2D eigenvalue weighted by Gasteiger charge is 2.33. The quantitative estimate of drug-likeness (QED) is 0.789. The van der Waals surface area contributed by atoms with E-state index in [0.717, 1.165) is 12.3 Å². The van der Waals surface area contributed by atoms with Crippen molar-refractivity contribution in [2.45, 2.75) is 25.4 Å². The van der Waals surface area contributed by atoms with Crippen LogP contribution >= 0.6 is 0 Å². The molecule has 0 aliphatic carbocycles. The van der Waals surface area contributed by atoms with Gasteiger partial charge in [0.2, 0.25) is 5.91 Å². The number of anilines is 1. The third-order valence-electron chi connectivity index (χ3n) is 4.98. The van der Waals surface area contributed by atoms with E-state index < -0.39 is 11.7 Å². The van der Waals surface area contributed by atoms with Crippen LogP contribution in [0.3, 0.4) is 0 Å². The summed E-state index contributed by atoms with van der Waals surface area (Å²) in [6.45, 7) is 1.52. The monoisotopic (exact) mass is 396 g/mol. The fourth-order valence-corrected chi connectivity index (χ4v) is 3.34. The van der Waals surface area contributed by atoms with E-state index in [2.05, 4.69) is 10.3 Å². The number of aromatic amines is 1. The molecule has 0 bridgehead atoms. The number of halogens is 4. The van der Waals surface area contributed by atoms with E-state index in [0.29, 0.717) is 50.3 Å². The molecular formula is C20H22F4N3O+. The van der Waals surface area contributed by atoms with Gasteiger partial charge in [-0.25, -0.2) is 9.37 Å². The van der Waals surface area contributed by atoms with Gasteiger partial charge in [-0.05, 0) is 37.0 Å². The van der Waals surface area contributed by atoms with Crippen molar-refractivity contribution in [3.8, 4) is 0 Å². The number of hydrogen-bond acceptors (Lipinski definition) is 2. The molecule has 0 unspecified atom stereocenters. The number of amides is 1. The predicted molar refractivity (Wildman–Crippen MR) is 96.1 cm³/mol. The Morgan fingerprint density at radius 3 is 2.46 bits per heavy atom. The van der Waals surface area contributed by atoms with E-state index in [1.807, 2.05) is 4.90 Å². The zero-order valence-electron chi connectivity index (χ0n) is 15.2. The lowest BCUT2D eigenvalue weighted by molar-refractivity contribution is -0.367. The first-order valence-corrected chi connectivity index (χ1v) is 9.19. The maximum Gasteiger partial charge on any atom is 0.419 e. The molecule has 2 N–H and O–H groups in total. The number of H-pyrrole nitrogens is 1. The average Bonchev–Trinajstić information content (AvgIpc) is 2.69. The molecule has 8 heteroatoms. The van der Waals surface area contributed by atoms with Crippen LogP contribution in [-0.2, 0) is 17.4 Å². The summed E-state index contributed by atoms with van der Waals surface area (Å²) < 4.78 is 51.5. The maximum atomic E-state index is 13.6. The second kappa shape index (κ2) is 8.58. The third kappa shape index (κ3) is 4.99. The SMILES string of the molecule is O=C(NCCc1ccccc1F)C1CCN(c2ccc(C(F)(F)F)c[nH+]2)CC1. The third-order valence-corrected chi connectivity index (χ3v) is 4.98. The molecule has 2 aromatic rings. The summed E-state index contributed by atoms with van der Waals surface area (Å²) in [5, 5.41) is 2.85. The number of piperidine rings is 1. The zero-order valence-corrected chi connectivity index (χ0v) is 15.2. The number of nitrogens with one attached hydrogen (secondary N) is 2. The van der Waals surface area contributed by atoms with Crippen molar-refractivity contribution in [1.82, 2.24) is 5.32 Å². The largest absolute Gasteiger partial charge is 0.419 e. The lowest BCUT2D eigenvalue weighted by Gasteiger charge is -2.27. The Morgan fingerprint density at radius 2 is 1.86 bits per heavy atom. The standard InChI is InChI=1S/C20H21F4N3O/c21-17-4-2-1-3-14(17)7-10-25-19(28)15-8-11-27(12-9-15)18-6-5-16(13-26-18)20(22,23)24/h1-6,13,15H,7-12H2,(H,25,28)/p+1. The van der Waals surface area contributed by atoms with Crippen LogP contribution in [0.5, 0.6) is 0 Å². The molecule has 3 rings (SSSR count). The molecule has 150 valence electrons. The lowest BCUT2D eigenvalue weighted by Crippen LogP contribution is -2.42. The van der Waals surface area contributed by atoms with Crippen molar-refractivity contribution < 1.29 is 27.3 Å². The molecule has 1 aliphatic heterocycles. The Bertz CT molecular complexity index is 800. The minimum atomic E-state index is -4.37. The van der Waals surface area contributed by atoms with E-state index in [1.54, 1.807) is 18.2 Å². The fraction of sp³-hybridized carbons (Fsp3) is 0.400. The van der Waals surface area contributed by atoms with Crippen LogP contribution in [0.25, 0.3) is 0 Å². The number of hydrogen-bond donors (Lipinski definition) is 1. The molecule has 1 fully saturated rings. The zero-order chi connectivity index (χ0) is 20.1. The van der Waals surface area contributed by atoms with E-state index in [4.69, 9.17) is 0 Å². The summed E-state index contributed by atoms with van der Waals surface area (Å²) in [5.41, 5.74) is -0.157. The van der Waals surface area contributed by atoms with Gasteiger partial charge >= 0.3 is 6.18 Å². The normalized spacial score (nSPS) is 15.5. The minimum absolute atomic E-state index is 0.0626. The van der Waals surface area contributed by atoms with Crippen LogP contribution in [0, 0.1) is 11.7 Å². The Labute approximate surface area is 160 Å². The average molecular weight is 396 g/mol. The van der Waals surface area contributed by atoms with Gasteiger partial charge in [-0.3, -0.25) is 9.69 Å². The highest BCUT2D eigenvalue weighted by Crippen LogP contribution is 2.29. The minimum Gasteiger partial charge on any atom is -0.356 e. The maximum absolute atomic E-state index is 13.6. The number of carbonyl (C=O) groups excluding carboxylic acids is 1. The van der Waals surface area contributed by atoms with Crippen molar-refractivity contribution in [2.24, 2.45) is 5.92 Å². The summed E-state index contributed by atoms with van der Waals surface area (Å²) >= 11 is 0. The summed E-state index contributed by atoms with van der Waals surface area (Å²) in [4.78, 5) is 16.9. The van der Waals surface area contributed by atoms with Crippen molar-refractivity contribution in [3.63, 3.8) is 0 Å². The summed E-state index contributed by atoms with van der Waals surface area (Å²) in [6.07, 6.45) is -1.77. The van der Waals surface area contributed by atoms with Gasteiger partial charge in [0.15, 0.2) is 0 Å². The number of pyridine rings is 1. The van der Waals surface area contributed by atoms with Gasteiger partial charge in [0.25, 0.3) is 5.82 Å². The number of aromatic nitrogens is 1. The number of benzene rings is 1. The number of nitrogens with zero attached hydrogens (tertiary/aromatic N) is 1. The second-order valence-electron chi connectivity index (χ2n) is 6.85. The molecule has 28 heavy (non-hydrogen) atoms. The lowest BCUT2D eigenvalue weighted by atomic mass is 9.95. The smallest absolute Gasteiger partial charge is 0.356 e. The summed E-state index contributed by atoms with van der Waals surface area (Å²) in [7, 11) is 0. The second-order valence-corrected chi connectivity index (χ2v) is 6.85. The van der Waals surface area contributed by atoms with E-state index in [-0.39, 0.29) is 17.6 Å². The highest BCUT2D eigenvalue weighted by molar-refractivity contribution is 5.78. The van der Waals surface area contributed by atoms with Crippen LogP contribution in [0.15, 0.2) is 42.6 Å². The Hall–Kier alpha value is -2.64. The van der Waals surface area contributed by atoms with E-state index >= 15 is 0 Å². The molecule has 0 saturated carbocycles. The number of alkyl halides is 3. The molecule has 1 amide bonds. The predicted octanol–water partition coefficient (Wildman–Crippen LogP) is 3.23. The van der Waals surface area contributed by atoms with Crippen molar-refractivity contribution in [3.05, 3.63) is 59.5 Å². The Balaban J connectivity index is 1.45. The van der Waals surface area contributed by atoms with Crippen LogP contribution in [0.4, 0.5) is 23.4 Å². The summed E-state index contributed by atoms with van der Waals surface area (Å²) in [5.74, 6) is 0.114. The fourth-order valence-electron chi connectivity index (χ4n) is 3.34. The van der Waals surface area contributed by atoms with E-state index in [9.17, 15) is 22.4 Å². The van der Waals surface area contributed by atoms with Crippen LogP contribution in [0.1, 0.15) is 24.0 Å². The van der Waals surface area contributed by atoms with Crippen molar-refractivity contribution >= 4 is 11.7 Å². The molecule has 1 aromatic carbocycles. The molecule has 1 saturated heterocycles. The summed E-state index contributed by atoms with van der Waals surface area (Å²) in [6, 6.07) is 8.93. The van der Waals surface area contributed by atoms with Gasteiger partial charge in [-0.2, -0.15) is 13.2 Å². The molecule has 0 radical (unpaired) electrons. The van der Waals surface area contributed by atoms with Crippen LogP contribution in [-0.4, -0.2) is 25.5 Å². The number of carbonyl (C=O) groups is 1. The van der Waals surface area contributed by atoms with Gasteiger partial charge in [-0.1, -0.05) is 18.2 Å².